The number of fused-ring (bicyclic) bond motifs is 1. The first-order valence-corrected chi connectivity index (χ1v) is 12.6. The number of anilines is 1. The summed E-state index contributed by atoms with van der Waals surface area (Å²) in [4.78, 5) is 35.1. The van der Waals surface area contributed by atoms with E-state index in [-0.39, 0.29) is 21.8 Å². The number of carbonyl (C=O) groups excluding carboxylic acids is 2. The van der Waals surface area contributed by atoms with Crippen LogP contribution < -0.4 is 11.1 Å². The Labute approximate surface area is 221 Å². The molecule has 5 rings (SSSR count). The predicted octanol–water partition coefficient (Wildman–Crippen LogP) is 4.94. The SMILES string of the molecule is Cc1nn(C)cc1-c1cc(C(F)F)nc2sc(C(N)=O)c(NC(=O)C3CC(c4cccc(Br)c4)=NO3)c12. The van der Waals surface area contributed by atoms with E-state index in [0.29, 0.717) is 27.9 Å². The molecule has 0 saturated carbocycles. The summed E-state index contributed by atoms with van der Waals surface area (Å²) in [5.41, 5.74) is 8.09. The number of hydrogen-bond donors (Lipinski definition) is 2. The summed E-state index contributed by atoms with van der Waals surface area (Å²) in [6.07, 6.45) is -1.96. The number of aryl methyl sites for hydroxylation is 2. The molecular formula is C24H19BrF2N6O3S. The van der Waals surface area contributed by atoms with Gasteiger partial charge in [0, 0.05) is 40.7 Å². The second-order valence-corrected chi connectivity index (χ2v) is 10.3. The molecule has 13 heteroatoms. The van der Waals surface area contributed by atoms with Gasteiger partial charge in [-0.1, -0.05) is 33.2 Å². The number of hydrogen-bond acceptors (Lipinski definition) is 7. The third kappa shape index (κ3) is 4.71. The van der Waals surface area contributed by atoms with Gasteiger partial charge in [-0.05, 0) is 30.7 Å². The number of oxime groups is 1. The van der Waals surface area contributed by atoms with Crippen molar-refractivity contribution < 1.29 is 23.2 Å². The topological polar surface area (TPSA) is 124 Å². The molecule has 0 fully saturated rings. The molecule has 2 amide bonds. The normalized spacial score (nSPS) is 15.2. The Morgan fingerprint density at radius 2 is 2.08 bits per heavy atom. The lowest BCUT2D eigenvalue weighted by molar-refractivity contribution is -0.125. The maximum Gasteiger partial charge on any atom is 0.280 e. The maximum absolute atomic E-state index is 13.7. The number of carbonyl (C=O) groups is 2. The number of nitrogens with zero attached hydrogens (tertiary/aromatic N) is 4. The molecule has 190 valence electrons. The lowest BCUT2D eigenvalue weighted by Crippen LogP contribution is -2.29. The Morgan fingerprint density at radius 1 is 1.30 bits per heavy atom. The van der Waals surface area contributed by atoms with E-state index in [1.807, 2.05) is 24.3 Å². The molecule has 0 spiro atoms. The van der Waals surface area contributed by atoms with E-state index >= 15 is 0 Å². The highest BCUT2D eigenvalue weighted by Gasteiger charge is 2.32. The fourth-order valence-electron chi connectivity index (χ4n) is 4.16. The number of halogens is 3. The van der Waals surface area contributed by atoms with Gasteiger partial charge in [-0.25, -0.2) is 13.8 Å². The zero-order valence-corrected chi connectivity index (χ0v) is 21.9. The summed E-state index contributed by atoms with van der Waals surface area (Å²) < 4.78 is 29.8. The highest BCUT2D eigenvalue weighted by molar-refractivity contribution is 9.10. The van der Waals surface area contributed by atoms with E-state index in [9.17, 15) is 18.4 Å². The molecule has 0 aliphatic carbocycles. The number of nitrogens with two attached hydrogens (primary N) is 1. The zero-order chi connectivity index (χ0) is 26.4. The van der Waals surface area contributed by atoms with E-state index in [4.69, 9.17) is 10.6 Å². The average Bonchev–Trinajstić information content (AvgIpc) is 3.55. The smallest absolute Gasteiger partial charge is 0.280 e. The van der Waals surface area contributed by atoms with Gasteiger partial charge >= 0.3 is 0 Å². The van der Waals surface area contributed by atoms with Crippen molar-refractivity contribution in [3.63, 3.8) is 0 Å². The molecule has 1 unspecified atom stereocenters. The number of nitrogens with one attached hydrogen (secondary N) is 1. The van der Waals surface area contributed by atoms with E-state index in [1.165, 1.54) is 6.07 Å². The molecule has 3 N–H and O–H groups in total. The average molecular weight is 589 g/mol. The van der Waals surface area contributed by atoms with Gasteiger partial charge in [0.05, 0.1) is 17.1 Å². The molecule has 1 aliphatic heterocycles. The van der Waals surface area contributed by atoms with Crippen molar-refractivity contribution in [1.82, 2.24) is 14.8 Å². The van der Waals surface area contributed by atoms with Crippen molar-refractivity contribution in [3.8, 4) is 11.1 Å². The first-order valence-electron chi connectivity index (χ1n) is 11.0. The number of alkyl halides is 2. The van der Waals surface area contributed by atoms with Crippen LogP contribution in [0.4, 0.5) is 14.5 Å². The Kier molecular flexibility index (Phi) is 6.50. The lowest BCUT2D eigenvalue weighted by Gasteiger charge is -2.12. The van der Waals surface area contributed by atoms with Crippen molar-refractivity contribution >= 4 is 60.7 Å². The Bertz CT molecular complexity index is 1600. The number of amides is 2. The molecule has 4 aromatic rings. The van der Waals surface area contributed by atoms with Gasteiger partial charge in [-0.15, -0.1) is 11.3 Å². The van der Waals surface area contributed by atoms with Gasteiger partial charge in [0.15, 0.2) is 0 Å². The fraction of sp³-hybridized carbons (Fsp3) is 0.208. The van der Waals surface area contributed by atoms with Gasteiger partial charge in [-0.3, -0.25) is 14.3 Å². The van der Waals surface area contributed by atoms with Crippen molar-refractivity contribution in [2.45, 2.75) is 25.9 Å². The molecule has 9 nitrogen and oxygen atoms in total. The molecule has 1 atom stereocenters. The molecular weight excluding hydrogens is 570 g/mol. The lowest BCUT2D eigenvalue weighted by atomic mass is 10.0. The minimum Gasteiger partial charge on any atom is -0.382 e. The van der Waals surface area contributed by atoms with Gasteiger partial charge in [0.2, 0.25) is 6.10 Å². The van der Waals surface area contributed by atoms with Crippen LogP contribution in [0.2, 0.25) is 0 Å². The minimum absolute atomic E-state index is 0.0174. The highest BCUT2D eigenvalue weighted by atomic mass is 79.9. The number of aromatic nitrogens is 3. The Balaban J connectivity index is 1.56. The summed E-state index contributed by atoms with van der Waals surface area (Å²) in [6, 6.07) is 8.65. The van der Waals surface area contributed by atoms with Gasteiger partial charge in [-0.2, -0.15) is 5.10 Å². The fourth-order valence-corrected chi connectivity index (χ4v) is 5.57. The summed E-state index contributed by atoms with van der Waals surface area (Å²) in [6.45, 7) is 1.73. The van der Waals surface area contributed by atoms with Crippen molar-refractivity contribution in [2.75, 3.05) is 5.32 Å². The number of rotatable bonds is 6. The van der Waals surface area contributed by atoms with E-state index in [1.54, 1.807) is 24.9 Å². The Hall–Kier alpha value is -3.71. The summed E-state index contributed by atoms with van der Waals surface area (Å²) in [5, 5.41) is 11.4. The summed E-state index contributed by atoms with van der Waals surface area (Å²) in [7, 11) is 1.70. The molecule has 0 radical (unpaired) electrons. The van der Waals surface area contributed by atoms with Crippen LogP contribution in [0.3, 0.4) is 0 Å². The highest BCUT2D eigenvalue weighted by Crippen LogP contribution is 2.43. The van der Waals surface area contributed by atoms with Crippen molar-refractivity contribution in [2.24, 2.45) is 17.9 Å². The molecule has 3 aromatic heterocycles. The number of thiophene rings is 1. The maximum atomic E-state index is 13.7. The third-order valence-corrected chi connectivity index (χ3v) is 7.39. The molecule has 0 saturated heterocycles. The van der Waals surface area contributed by atoms with Gasteiger partial charge in [0.25, 0.3) is 18.2 Å². The van der Waals surface area contributed by atoms with Crippen LogP contribution in [0.1, 0.15) is 39.5 Å². The van der Waals surface area contributed by atoms with Crippen molar-refractivity contribution in [3.05, 3.63) is 62.8 Å². The van der Waals surface area contributed by atoms with Gasteiger partial charge in [0.1, 0.15) is 15.4 Å². The Morgan fingerprint density at radius 3 is 2.73 bits per heavy atom. The monoisotopic (exact) mass is 588 g/mol. The van der Waals surface area contributed by atoms with Crippen LogP contribution in [-0.4, -0.2) is 38.4 Å². The van der Waals surface area contributed by atoms with Crippen LogP contribution in [-0.2, 0) is 16.7 Å². The molecule has 4 heterocycles. The van der Waals surface area contributed by atoms with Crippen LogP contribution >= 0.6 is 27.3 Å². The second-order valence-electron chi connectivity index (χ2n) is 8.38. The van der Waals surface area contributed by atoms with Crippen LogP contribution in [0.25, 0.3) is 21.3 Å². The zero-order valence-electron chi connectivity index (χ0n) is 19.5. The van der Waals surface area contributed by atoms with E-state index in [2.05, 4.69) is 36.5 Å². The van der Waals surface area contributed by atoms with Crippen molar-refractivity contribution in [1.29, 1.82) is 0 Å². The largest absolute Gasteiger partial charge is 0.382 e. The van der Waals surface area contributed by atoms with Crippen LogP contribution in [0, 0.1) is 6.92 Å². The number of benzene rings is 1. The molecule has 37 heavy (non-hydrogen) atoms. The van der Waals surface area contributed by atoms with Crippen LogP contribution in [0.15, 0.2) is 46.2 Å². The second kappa shape index (κ2) is 9.63. The quantitative estimate of drug-likeness (QED) is 0.330. The van der Waals surface area contributed by atoms with E-state index < -0.39 is 30.0 Å². The van der Waals surface area contributed by atoms with Crippen LogP contribution in [0.5, 0.6) is 0 Å². The minimum atomic E-state index is -2.85. The van der Waals surface area contributed by atoms with Gasteiger partial charge < -0.3 is 15.9 Å². The number of primary amides is 1. The predicted molar refractivity (Wildman–Crippen MR) is 139 cm³/mol. The summed E-state index contributed by atoms with van der Waals surface area (Å²) in [5.74, 6) is -1.40. The standard InChI is InChI=1S/C24H19BrF2N6O3S/c1-10-14(9-33(2)31-10)13-7-16(21(26)27)29-24-18(13)19(20(37-24)22(28)34)30-23(35)17-8-15(32-36-17)11-4-3-5-12(25)6-11/h3-7,9,17,21H,8H2,1-2H3,(H2,28,34)(H,30,35). The third-order valence-electron chi connectivity index (χ3n) is 5.80. The summed E-state index contributed by atoms with van der Waals surface area (Å²) >= 11 is 4.24. The molecule has 1 aromatic carbocycles. The number of pyridine rings is 1. The molecule has 0 bridgehead atoms. The van der Waals surface area contributed by atoms with E-state index in [0.717, 1.165) is 21.4 Å². The first-order chi connectivity index (χ1) is 17.6. The molecule has 1 aliphatic rings. The first kappa shape index (κ1) is 25.0.